The van der Waals surface area contributed by atoms with Crippen molar-refractivity contribution in [3.05, 3.63) is 29.8 Å². The van der Waals surface area contributed by atoms with Gasteiger partial charge in [0.05, 0.1) is 7.11 Å². The Morgan fingerprint density at radius 3 is 2.79 bits per heavy atom. The molecule has 1 fully saturated rings. The second kappa shape index (κ2) is 4.50. The summed E-state index contributed by atoms with van der Waals surface area (Å²) in [4.78, 5) is 0. The Kier molecular flexibility index (Phi) is 3.07. The minimum atomic E-state index is 0.721. The fourth-order valence-electron chi connectivity index (χ4n) is 2.24. The highest BCUT2D eigenvalue weighted by atomic mass is 16.5. The first-order chi connectivity index (χ1) is 6.90. The number of methoxy groups -OCH3 is 1. The molecule has 75 valence electrons. The summed E-state index contributed by atoms with van der Waals surface area (Å²) < 4.78 is 5.23. The highest BCUT2D eigenvalue weighted by Crippen LogP contribution is 2.33. The van der Waals surface area contributed by atoms with Gasteiger partial charge in [-0.3, -0.25) is 0 Å². The van der Waals surface area contributed by atoms with Gasteiger partial charge in [-0.1, -0.05) is 25.3 Å². The van der Waals surface area contributed by atoms with Gasteiger partial charge in [0.25, 0.3) is 0 Å². The lowest BCUT2D eigenvalue weighted by atomic mass is 9.84. The molecule has 0 atom stereocenters. The van der Waals surface area contributed by atoms with Gasteiger partial charge in [-0.2, -0.15) is 0 Å². The van der Waals surface area contributed by atoms with E-state index in [-0.39, 0.29) is 0 Å². The molecular weight excluding hydrogens is 172 g/mol. The van der Waals surface area contributed by atoms with E-state index in [2.05, 4.69) is 12.1 Å². The Hall–Kier alpha value is -0.980. The standard InChI is InChI=1S/C13H17O/c1-14-13-9-5-8-12(10-13)11-6-3-2-4-7-11/h5,9-11H,2-4,6-7H2,1H3. The van der Waals surface area contributed by atoms with E-state index >= 15 is 0 Å². The lowest BCUT2D eigenvalue weighted by Crippen LogP contribution is -2.04. The average molecular weight is 189 g/mol. The van der Waals surface area contributed by atoms with Crippen LogP contribution in [0.5, 0.6) is 5.75 Å². The summed E-state index contributed by atoms with van der Waals surface area (Å²) in [5, 5.41) is 0. The summed E-state index contributed by atoms with van der Waals surface area (Å²) in [6.07, 6.45) is 6.79. The van der Waals surface area contributed by atoms with Crippen LogP contribution in [-0.4, -0.2) is 7.11 Å². The topological polar surface area (TPSA) is 9.23 Å². The number of rotatable bonds is 2. The van der Waals surface area contributed by atoms with Crippen LogP contribution in [0.15, 0.2) is 18.2 Å². The van der Waals surface area contributed by atoms with Crippen molar-refractivity contribution in [2.75, 3.05) is 7.11 Å². The van der Waals surface area contributed by atoms with Crippen LogP contribution in [0, 0.1) is 6.07 Å². The third-order valence-corrected chi connectivity index (χ3v) is 3.08. The monoisotopic (exact) mass is 189 g/mol. The molecule has 0 heterocycles. The summed E-state index contributed by atoms with van der Waals surface area (Å²) in [6, 6.07) is 9.41. The van der Waals surface area contributed by atoms with Crippen molar-refractivity contribution in [1.82, 2.24) is 0 Å². The molecule has 1 heteroatoms. The molecule has 1 aromatic rings. The summed E-state index contributed by atoms with van der Waals surface area (Å²) in [7, 11) is 1.72. The van der Waals surface area contributed by atoms with E-state index in [0.717, 1.165) is 11.7 Å². The Morgan fingerprint density at radius 1 is 1.29 bits per heavy atom. The van der Waals surface area contributed by atoms with Gasteiger partial charge in [0.2, 0.25) is 0 Å². The van der Waals surface area contributed by atoms with Gasteiger partial charge >= 0.3 is 0 Å². The quantitative estimate of drug-likeness (QED) is 0.691. The molecular formula is C13H17O. The maximum Gasteiger partial charge on any atom is 0.119 e. The van der Waals surface area contributed by atoms with Crippen LogP contribution in [0.2, 0.25) is 0 Å². The van der Waals surface area contributed by atoms with Gasteiger partial charge in [-0.25, -0.2) is 0 Å². The van der Waals surface area contributed by atoms with Crippen molar-refractivity contribution in [3.8, 4) is 5.75 Å². The van der Waals surface area contributed by atoms with Gasteiger partial charge in [0, 0.05) is 0 Å². The smallest absolute Gasteiger partial charge is 0.119 e. The molecule has 1 radical (unpaired) electrons. The molecule has 1 aromatic carbocycles. The molecule has 0 unspecified atom stereocenters. The second-order valence-corrected chi connectivity index (χ2v) is 4.02. The van der Waals surface area contributed by atoms with Crippen molar-refractivity contribution in [1.29, 1.82) is 0 Å². The summed E-state index contributed by atoms with van der Waals surface area (Å²) in [5.74, 6) is 1.68. The molecule has 1 aliphatic carbocycles. The zero-order valence-electron chi connectivity index (χ0n) is 8.75. The van der Waals surface area contributed by atoms with Crippen LogP contribution in [0.25, 0.3) is 0 Å². The van der Waals surface area contributed by atoms with E-state index in [4.69, 9.17) is 4.74 Å². The predicted molar refractivity (Wildman–Crippen MR) is 57.7 cm³/mol. The molecule has 2 rings (SSSR count). The van der Waals surface area contributed by atoms with E-state index in [1.54, 1.807) is 7.11 Å². The lowest BCUT2D eigenvalue weighted by Gasteiger charge is -2.21. The van der Waals surface area contributed by atoms with Gasteiger partial charge in [0.1, 0.15) is 5.75 Å². The highest BCUT2D eigenvalue weighted by molar-refractivity contribution is 5.30. The molecule has 0 aromatic heterocycles. The van der Waals surface area contributed by atoms with Crippen molar-refractivity contribution >= 4 is 0 Å². The van der Waals surface area contributed by atoms with Gasteiger partial charge < -0.3 is 4.74 Å². The van der Waals surface area contributed by atoms with Crippen molar-refractivity contribution in [3.63, 3.8) is 0 Å². The molecule has 0 spiro atoms. The van der Waals surface area contributed by atoms with Crippen LogP contribution in [0.3, 0.4) is 0 Å². The molecule has 1 aliphatic rings. The fourth-order valence-corrected chi connectivity index (χ4v) is 2.24. The van der Waals surface area contributed by atoms with Crippen molar-refractivity contribution in [2.45, 2.75) is 38.0 Å². The zero-order chi connectivity index (χ0) is 9.80. The normalized spacial score (nSPS) is 18.1. The van der Waals surface area contributed by atoms with E-state index in [1.165, 1.54) is 37.7 Å². The van der Waals surface area contributed by atoms with Gasteiger partial charge in [-0.15, -0.1) is 0 Å². The summed E-state index contributed by atoms with van der Waals surface area (Å²) >= 11 is 0. The third-order valence-electron chi connectivity index (χ3n) is 3.08. The van der Waals surface area contributed by atoms with Gasteiger partial charge in [0.15, 0.2) is 0 Å². The fraction of sp³-hybridized carbons (Fsp3) is 0.538. The Morgan fingerprint density at radius 2 is 2.07 bits per heavy atom. The molecule has 1 nitrogen and oxygen atoms in total. The third kappa shape index (κ3) is 2.09. The minimum absolute atomic E-state index is 0.721. The Bertz CT molecular complexity index is 287. The van der Waals surface area contributed by atoms with Crippen molar-refractivity contribution in [2.24, 2.45) is 0 Å². The van der Waals surface area contributed by atoms with E-state index < -0.39 is 0 Å². The number of hydrogen-bond acceptors (Lipinski definition) is 1. The molecule has 0 amide bonds. The molecule has 14 heavy (non-hydrogen) atoms. The largest absolute Gasteiger partial charge is 0.497 e. The number of hydrogen-bond donors (Lipinski definition) is 0. The predicted octanol–water partition coefficient (Wildman–Crippen LogP) is 3.54. The average Bonchev–Trinajstić information content (AvgIpc) is 2.30. The van der Waals surface area contributed by atoms with Crippen molar-refractivity contribution < 1.29 is 4.74 Å². The molecule has 0 aliphatic heterocycles. The van der Waals surface area contributed by atoms with Crippen LogP contribution in [0.4, 0.5) is 0 Å². The first kappa shape index (κ1) is 9.57. The van der Waals surface area contributed by atoms with E-state index in [9.17, 15) is 0 Å². The van der Waals surface area contributed by atoms with Crippen LogP contribution >= 0.6 is 0 Å². The summed E-state index contributed by atoms with van der Waals surface area (Å²) in [5.41, 5.74) is 1.34. The molecule has 0 bridgehead atoms. The Balaban J connectivity index is 2.13. The number of ether oxygens (including phenoxy) is 1. The lowest BCUT2D eigenvalue weighted by molar-refractivity contribution is 0.409. The molecule has 0 N–H and O–H groups in total. The van der Waals surface area contributed by atoms with Gasteiger partial charge in [-0.05, 0) is 42.5 Å². The maximum atomic E-state index is 5.23. The van der Waals surface area contributed by atoms with Crippen LogP contribution < -0.4 is 4.74 Å². The first-order valence-corrected chi connectivity index (χ1v) is 5.46. The van der Waals surface area contributed by atoms with Crippen LogP contribution in [0.1, 0.15) is 43.6 Å². The first-order valence-electron chi connectivity index (χ1n) is 5.46. The van der Waals surface area contributed by atoms with E-state index in [1.807, 2.05) is 12.1 Å². The molecule has 0 saturated heterocycles. The SMILES string of the molecule is COc1cc[c]c(C2CCCCC2)c1. The molecule has 1 saturated carbocycles. The van der Waals surface area contributed by atoms with Crippen LogP contribution in [-0.2, 0) is 0 Å². The second-order valence-electron chi connectivity index (χ2n) is 4.02. The zero-order valence-corrected chi connectivity index (χ0v) is 8.75. The minimum Gasteiger partial charge on any atom is -0.497 e. The summed E-state index contributed by atoms with van der Waals surface area (Å²) in [6.45, 7) is 0. The maximum absolute atomic E-state index is 5.23. The number of benzene rings is 1. The Labute approximate surface area is 86.1 Å². The highest BCUT2D eigenvalue weighted by Gasteiger charge is 2.15. The van der Waals surface area contributed by atoms with E-state index in [0.29, 0.717) is 0 Å².